The summed E-state index contributed by atoms with van der Waals surface area (Å²) in [6.07, 6.45) is 6.25. The lowest BCUT2D eigenvalue weighted by molar-refractivity contribution is 0.215. The molecule has 0 amide bonds. The summed E-state index contributed by atoms with van der Waals surface area (Å²) < 4.78 is 0. The lowest BCUT2D eigenvalue weighted by Gasteiger charge is -2.36. The van der Waals surface area contributed by atoms with Crippen molar-refractivity contribution >= 4 is 27.8 Å². The first kappa shape index (κ1) is 14.5. The number of nitrogens with two attached hydrogens (primary N) is 1. The third-order valence-corrected chi connectivity index (χ3v) is 5.32. The molecule has 0 spiro atoms. The second-order valence-electron chi connectivity index (χ2n) is 7.05. The van der Waals surface area contributed by atoms with Crippen LogP contribution in [0, 0.1) is 5.41 Å². The Kier molecular flexibility index (Phi) is 3.45. The van der Waals surface area contributed by atoms with Gasteiger partial charge in [-0.1, -0.05) is 25.1 Å². The topological polar surface area (TPSA) is 79.6 Å². The van der Waals surface area contributed by atoms with Crippen LogP contribution >= 0.6 is 0 Å². The van der Waals surface area contributed by atoms with Crippen molar-refractivity contribution in [3.8, 4) is 0 Å². The molecular weight excluding hydrogens is 286 g/mol. The van der Waals surface area contributed by atoms with Crippen LogP contribution in [0.5, 0.6) is 0 Å². The number of anilines is 1. The van der Waals surface area contributed by atoms with Gasteiger partial charge in [-0.15, -0.1) is 0 Å². The van der Waals surface area contributed by atoms with Crippen LogP contribution in [0.2, 0.25) is 0 Å². The highest BCUT2D eigenvalue weighted by Gasteiger charge is 2.30. The third kappa shape index (κ3) is 2.55. The largest absolute Gasteiger partial charge is 0.367 e. The van der Waals surface area contributed by atoms with Gasteiger partial charge >= 0.3 is 0 Å². The van der Waals surface area contributed by atoms with E-state index >= 15 is 0 Å². The smallest absolute Gasteiger partial charge is 0.143 e. The van der Waals surface area contributed by atoms with Crippen LogP contribution in [0.15, 0.2) is 30.6 Å². The molecule has 1 saturated carbocycles. The molecule has 1 fully saturated rings. The molecule has 5 nitrogen and oxygen atoms in total. The van der Waals surface area contributed by atoms with E-state index in [1.165, 1.54) is 18.2 Å². The Hall–Kier alpha value is -2.14. The number of H-pyrrole nitrogens is 1. The van der Waals surface area contributed by atoms with Gasteiger partial charge in [-0.2, -0.15) is 0 Å². The Morgan fingerprint density at radius 1 is 1.26 bits per heavy atom. The van der Waals surface area contributed by atoms with Crippen molar-refractivity contribution in [2.75, 3.05) is 11.9 Å². The highest BCUT2D eigenvalue weighted by atomic mass is 15.1. The molecule has 0 saturated heterocycles. The van der Waals surface area contributed by atoms with E-state index in [2.05, 4.69) is 45.4 Å². The molecule has 120 valence electrons. The Labute approximate surface area is 135 Å². The molecule has 0 bridgehead atoms. The second kappa shape index (κ2) is 5.49. The number of aromatic amines is 1. The van der Waals surface area contributed by atoms with Gasteiger partial charge in [-0.25, -0.2) is 9.97 Å². The van der Waals surface area contributed by atoms with E-state index in [0.29, 0.717) is 11.5 Å². The van der Waals surface area contributed by atoms with Crippen molar-refractivity contribution in [3.63, 3.8) is 0 Å². The average molecular weight is 309 g/mol. The number of para-hydroxylation sites is 1. The van der Waals surface area contributed by atoms with E-state index in [9.17, 15) is 0 Å². The highest BCUT2D eigenvalue weighted by molar-refractivity contribution is 6.10. The molecule has 3 aromatic rings. The first-order chi connectivity index (χ1) is 11.2. The lowest BCUT2D eigenvalue weighted by Crippen LogP contribution is -2.36. The van der Waals surface area contributed by atoms with Gasteiger partial charge in [0, 0.05) is 16.9 Å². The van der Waals surface area contributed by atoms with Gasteiger partial charge in [-0.05, 0) is 43.7 Å². The molecule has 2 heterocycles. The summed E-state index contributed by atoms with van der Waals surface area (Å²) in [5.74, 6) is 0.939. The number of nitrogens with one attached hydrogen (secondary N) is 2. The summed E-state index contributed by atoms with van der Waals surface area (Å²) in [5, 5.41) is 5.92. The molecule has 5 heteroatoms. The number of aromatic nitrogens is 3. The first-order valence-electron chi connectivity index (χ1n) is 8.37. The maximum atomic E-state index is 5.91. The lowest BCUT2D eigenvalue weighted by atomic mass is 9.74. The van der Waals surface area contributed by atoms with Gasteiger partial charge < -0.3 is 16.0 Å². The van der Waals surface area contributed by atoms with E-state index in [-0.39, 0.29) is 0 Å². The summed E-state index contributed by atoms with van der Waals surface area (Å²) in [5.41, 5.74) is 8.22. The van der Waals surface area contributed by atoms with Crippen LogP contribution in [-0.2, 0) is 0 Å². The van der Waals surface area contributed by atoms with E-state index in [1.807, 2.05) is 6.07 Å². The van der Waals surface area contributed by atoms with Crippen LogP contribution in [0.4, 0.5) is 5.82 Å². The van der Waals surface area contributed by atoms with Crippen molar-refractivity contribution in [3.05, 3.63) is 30.6 Å². The molecule has 23 heavy (non-hydrogen) atoms. The van der Waals surface area contributed by atoms with Gasteiger partial charge in [0.1, 0.15) is 17.8 Å². The number of nitrogens with zero attached hydrogens (tertiary/aromatic N) is 2. The molecule has 0 radical (unpaired) electrons. The maximum absolute atomic E-state index is 5.91. The van der Waals surface area contributed by atoms with Crippen LogP contribution in [-0.4, -0.2) is 27.5 Å². The van der Waals surface area contributed by atoms with Crippen molar-refractivity contribution in [1.29, 1.82) is 0 Å². The number of rotatable bonds is 3. The van der Waals surface area contributed by atoms with Crippen LogP contribution in [0.25, 0.3) is 21.9 Å². The van der Waals surface area contributed by atoms with E-state index in [4.69, 9.17) is 5.73 Å². The second-order valence-corrected chi connectivity index (χ2v) is 7.05. The Balaban J connectivity index is 1.65. The Bertz CT molecular complexity index is 830. The van der Waals surface area contributed by atoms with Gasteiger partial charge in [-0.3, -0.25) is 0 Å². The van der Waals surface area contributed by atoms with E-state index < -0.39 is 0 Å². The fourth-order valence-electron chi connectivity index (χ4n) is 3.64. The summed E-state index contributed by atoms with van der Waals surface area (Å²) in [6, 6.07) is 8.75. The Morgan fingerprint density at radius 3 is 2.83 bits per heavy atom. The summed E-state index contributed by atoms with van der Waals surface area (Å²) in [7, 11) is 0. The number of hydrogen-bond donors (Lipinski definition) is 3. The third-order valence-electron chi connectivity index (χ3n) is 5.32. The van der Waals surface area contributed by atoms with Crippen molar-refractivity contribution in [1.82, 2.24) is 15.0 Å². The predicted molar refractivity (Wildman–Crippen MR) is 94.4 cm³/mol. The molecule has 2 aromatic heterocycles. The molecule has 0 aliphatic heterocycles. The highest BCUT2D eigenvalue weighted by Crippen LogP contribution is 2.37. The van der Waals surface area contributed by atoms with Crippen molar-refractivity contribution < 1.29 is 0 Å². The van der Waals surface area contributed by atoms with Crippen LogP contribution in [0.1, 0.15) is 32.6 Å². The summed E-state index contributed by atoms with van der Waals surface area (Å²) in [6.45, 7) is 3.08. The summed E-state index contributed by atoms with van der Waals surface area (Å²) >= 11 is 0. The summed E-state index contributed by atoms with van der Waals surface area (Å²) in [4.78, 5) is 12.3. The molecule has 4 rings (SSSR count). The molecule has 0 atom stereocenters. The number of fused-ring (bicyclic) bond motifs is 3. The van der Waals surface area contributed by atoms with Crippen LogP contribution in [0.3, 0.4) is 0 Å². The minimum absolute atomic E-state index is 0.306. The zero-order valence-corrected chi connectivity index (χ0v) is 13.5. The fourth-order valence-corrected chi connectivity index (χ4v) is 3.64. The zero-order chi connectivity index (χ0) is 15.9. The van der Waals surface area contributed by atoms with Gasteiger partial charge in [0.25, 0.3) is 0 Å². The molecule has 1 aliphatic carbocycles. The molecule has 4 N–H and O–H groups in total. The number of hydrogen-bond acceptors (Lipinski definition) is 4. The molecule has 0 unspecified atom stereocenters. The molecular formula is C18H23N5. The minimum Gasteiger partial charge on any atom is -0.367 e. The van der Waals surface area contributed by atoms with E-state index in [1.54, 1.807) is 6.33 Å². The Morgan fingerprint density at radius 2 is 2.04 bits per heavy atom. The van der Waals surface area contributed by atoms with E-state index in [0.717, 1.165) is 41.8 Å². The van der Waals surface area contributed by atoms with Gasteiger partial charge in [0.15, 0.2) is 0 Å². The molecule has 1 aromatic carbocycles. The maximum Gasteiger partial charge on any atom is 0.143 e. The van der Waals surface area contributed by atoms with Gasteiger partial charge in [0.05, 0.1) is 5.39 Å². The monoisotopic (exact) mass is 309 g/mol. The van der Waals surface area contributed by atoms with Gasteiger partial charge in [0.2, 0.25) is 0 Å². The van der Waals surface area contributed by atoms with Crippen molar-refractivity contribution in [2.24, 2.45) is 11.1 Å². The van der Waals surface area contributed by atoms with Crippen molar-refractivity contribution in [2.45, 2.75) is 38.6 Å². The zero-order valence-electron chi connectivity index (χ0n) is 13.5. The van der Waals surface area contributed by atoms with Crippen LogP contribution < -0.4 is 11.1 Å². The quantitative estimate of drug-likeness (QED) is 0.692. The first-order valence-corrected chi connectivity index (χ1v) is 8.37. The average Bonchev–Trinajstić information content (AvgIpc) is 2.97. The molecule has 1 aliphatic rings. The minimum atomic E-state index is 0.306. The standard InChI is InChI=1S/C18H23N5/c1-18(10-19)8-6-12(7-9-18)22-16-15-13-4-2-3-5-14(13)23-17(15)21-11-20-16/h2-5,11-12H,6-10,19H2,1H3,(H2,20,21,22,23). The number of benzene rings is 1. The SMILES string of the molecule is CC1(CN)CCC(Nc2ncnc3[nH]c4ccccc4c23)CC1. The fraction of sp³-hybridized carbons (Fsp3) is 0.444. The predicted octanol–water partition coefficient (Wildman–Crippen LogP) is 3.43. The normalized spacial score (nSPS) is 25.0.